The van der Waals surface area contributed by atoms with Gasteiger partial charge < -0.3 is 14.8 Å². The Morgan fingerprint density at radius 2 is 1.95 bits per heavy atom. The standard InChI is InChI=1S/C17H18ClNO3/c1-12-11-13(18)7-8-15(12)22-10-9-19-17(20)14-5-3-4-6-16(14)21-2/h3-8,11H,9-10H2,1-2H3,(H,19,20). The Labute approximate surface area is 135 Å². The van der Waals surface area contributed by atoms with E-state index in [9.17, 15) is 4.79 Å². The third-order valence-corrected chi connectivity index (χ3v) is 3.37. The second kappa shape index (κ2) is 7.71. The summed E-state index contributed by atoms with van der Waals surface area (Å²) in [5.41, 5.74) is 1.47. The first-order valence-corrected chi connectivity index (χ1v) is 7.30. The zero-order chi connectivity index (χ0) is 15.9. The minimum Gasteiger partial charge on any atom is -0.496 e. The van der Waals surface area contributed by atoms with E-state index in [-0.39, 0.29) is 5.91 Å². The molecule has 2 aromatic carbocycles. The first kappa shape index (κ1) is 16.2. The Morgan fingerprint density at radius 3 is 2.68 bits per heavy atom. The van der Waals surface area contributed by atoms with Gasteiger partial charge in [0.05, 0.1) is 19.2 Å². The van der Waals surface area contributed by atoms with Gasteiger partial charge in [0.15, 0.2) is 0 Å². The van der Waals surface area contributed by atoms with Crippen molar-refractivity contribution in [2.24, 2.45) is 0 Å². The molecule has 0 atom stereocenters. The van der Waals surface area contributed by atoms with E-state index in [1.54, 1.807) is 31.4 Å². The summed E-state index contributed by atoms with van der Waals surface area (Å²) < 4.78 is 10.8. The van der Waals surface area contributed by atoms with Crippen molar-refractivity contribution in [3.63, 3.8) is 0 Å². The minimum atomic E-state index is -0.186. The van der Waals surface area contributed by atoms with Gasteiger partial charge in [-0.25, -0.2) is 0 Å². The molecular weight excluding hydrogens is 302 g/mol. The van der Waals surface area contributed by atoms with Crippen LogP contribution in [0, 0.1) is 6.92 Å². The number of aryl methyl sites for hydroxylation is 1. The molecule has 22 heavy (non-hydrogen) atoms. The monoisotopic (exact) mass is 319 g/mol. The summed E-state index contributed by atoms with van der Waals surface area (Å²) in [6.07, 6.45) is 0. The fraction of sp³-hybridized carbons (Fsp3) is 0.235. The summed E-state index contributed by atoms with van der Waals surface area (Å²) in [5.74, 6) is 1.12. The van der Waals surface area contributed by atoms with Gasteiger partial charge in [-0.1, -0.05) is 23.7 Å². The fourth-order valence-corrected chi connectivity index (χ4v) is 2.25. The smallest absolute Gasteiger partial charge is 0.255 e. The summed E-state index contributed by atoms with van der Waals surface area (Å²) in [6, 6.07) is 12.5. The number of hydrogen-bond acceptors (Lipinski definition) is 3. The van der Waals surface area contributed by atoms with E-state index in [4.69, 9.17) is 21.1 Å². The second-order valence-electron chi connectivity index (χ2n) is 4.71. The number of ether oxygens (including phenoxy) is 2. The van der Waals surface area contributed by atoms with E-state index in [1.165, 1.54) is 0 Å². The number of amides is 1. The number of hydrogen-bond donors (Lipinski definition) is 1. The molecule has 2 aromatic rings. The van der Waals surface area contributed by atoms with Crippen LogP contribution in [0.1, 0.15) is 15.9 Å². The number of rotatable bonds is 6. The highest BCUT2D eigenvalue weighted by atomic mass is 35.5. The predicted octanol–water partition coefficient (Wildman–Crippen LogP) is 3.47. The molecule has 0 aliphatic heterocycles. The van der Waals surface area contributed by atoms with Gasteiger partial charge in [-0.3, -0.25) is 4.79 Å². The molecule has 0 aromatic heterocycles. The number of carbonyl (C=O) groups excluding carboxylic acids is 1. The normalized spacial score (nSPS) is 10.1. The molecule has 0 saturated carbocycles. The molecular formula is C17H18ClNO3. The summed E-state index contributed by atoms with van der Waals surface area (Å²) in [6.45, 7) is 2.71. The van der Waals surface area contributed by atoms with Gasteiger partial charge in [-0.2, -0.15) is 0 Å². The molecule has 4 nitrogen and oxygen atoms in total. The highest BCUT2D eigenvalue weighted by Gasteiger charge is 2.10. The Morgan fingerprint density at radius 1 is 1.18 bits per heavy atom. The second-order valence-corrected chi connectivity index (χ2v) is 5.15. The van der Waals surface area contributed by atoms with Gasteiger partial charge in [0.2, 0.25) is 0 Å². The molecule has 1 amide bonds. The van der Waals surface area contributed by atoms with Gasteiger partial charge in [0.25, 0.3) is 5.91 Å². The van der Waals surface area contributed by atoms with Crippen molar-refractivity contribution in [2.45, 2.75) is 6.92 Å². The number of carbonyl (C=O) groups is 1. The summed E-state index contributed by atoms with van der Waals surface area (Å²) in [4.78, 5) is 12.1. The van der Waals surface area contributed by atoms with Crippen molar-refractivity contribution >= 4 is 17.5 Å². The lowest BCUT2D eigenvalue weighted by Crippen LogP contribution is -2.28. The molecule has 116 valence electrons. The van der Waals surface area contributed by atoms with E-state index in [0.717, 1.165) is 11.3 Å². The van der Waals surface area contributed by atoms with Crippen LogP contribution in [0.3, 0.4) is 0 Å². The Bertz CT molecular complexity index is 658. The minimum absolute atomic E-state index is 0.186. The van der Waals surface area contributed by atoms with Crippen LogP contribution in [0.25, 0.3) is 0 Å². The molecule has 0 unspecified atom stereocenters. The van der Waals surface area contributed by atoms with Crippen LogP contribution in [0.15, 0.2) is 42.5 Å². The lowest BCUT2D eigenvalue weighted by Gasteiger charge is -2.11. The zero-order valence-electron chi connectivity index (χ0n) is 12.6. The lowest BCUT2D eigenvalue weighted by atomic mass is 10.2. The van der Waals surface area contributed by atoms with Gasteiger partial charge in [0, 0.05) is 5.02 Å². The van der Waals surface area contributed by atoms with E-state index in [2.05, 4.69) is 5.32 Å². The third kappa shape index (κ3) is 4.15. The van der Waals surface area contributed by atoms with Crippen LogP contribution < -0.4 is 14.8 Å². The van der Waals surface area contributed by atoms with Crippen LogP contribution in [0.5, 0.6) is 11.5 Å². The van der Waals surface area contributed by atoms with Gasteiger partial charge in [-0.05, 0) is 42.8 Å². The van der Waals surface area contributed by atoms with Crippen molar-refractivity contribution in [3.05, 3.63) is 58.6 Å². The van der Waals surface area contributed by atoms with Crippen LogP contribution in [0.4, 0.5) is 0 Å². The number of para-hydroxylation sites is 1. The van der Waals surface area contributed by atoms with Crippen molar-refractivity contribution < 1.29 is 14.3 Å². The summed E-state index contributed by atoms with van der Waals surface area (Å²) in [5, 5.41) is 3.48. The van der Waals surface area contributed by atoms with Crippen LogP contribution in [-0.4, -0.2) is 26.2 Å². The largest absolute Gasteiger partial charge is 0.496 e. The topological polar surface area (TPSA) is 47.6 Å². The van der Waals surface area contributed by atoms with Crippen molar-refractivity contribution in [2.75, 3.05) is 20.3 Å². The van der Waals surface area contributed by atoms with Crippen molar-refractivity contribution in [1.82, 2.24) is 5.32 Å². The maximum atomic E-state index is 12.1. The van der Waals surface area contributed by atoms with E-state index in [0.29, 0.717) is 29.5 Å². The number of benzene rings is 2. The molecule has 5 heteroatoms. The lowest BCUT2D eigenvalue weighted by molar-refractivity contribution is 0.0944. The molecule has 0 spiro atoms. The van der Waals surface area contributed by atoms with E-state index in [1.807, 2.05) is 25.1 Å². The molecule has 0 aliphatic rings. The van der Waals surface area contributed by atoms with Crippen LogP contribution in [-0.2, 0) is 0 Å². The summed E-state index contributed by atoms with van der Waals surface area (Å²) >= 11 is 5.89. The Hall–Kier alpha value is -2.20. The molecule has 0 heterocycles. The van der Waals surface area contributed by atoms with Crippen LogP contribution >= 0.6 is 11.6 Å². The molecule has 0 bridgehead atoms. The molecule has 0 radical (unpaired) electrons. The van der Waals surface area contributed by atoms with E-state index < -0.39 is 0 Å². The maximum Gasteiger partial charge on any atom is 0.255 e. The van der Waals surface area contributed by atoms with Crippen molar-refractivity contribution in [1.29, 1.82) is 0 Å². The quantitative estimate of drug-likeness (QED) is 0.829. The SMILES string of the molecule is COc1ccccc1C(=O)NCCOc1ccc(Cl)cc1C. The van der Waals surface area contributed by atoms with Crippen molar-refractivity contribution in [3.8, 4) is 11.5 Å². The number of nitrogens with one attached hydrogen (secondary N) is 1. The molecule has 2 rings (SSSR count). The number of methoxy groups -OCH3 is 1. The predicted molar refractivity (Wildman–Crippen MR) is 87.0 cm³/mol. The molecule has 0 saturated heterocycles. The summed E-state index contributed by atoms with van der Waals surface area (Å²) in [7, 11) is 1.54. The first-order chi connectivity index (χ1) is 10.6. The molecule has 0 aliphatic carbocycles. The highest BCUT2D eigenvalue weighted by molar-refractivity contribution is 6.30. The molecule has 1 N–H and O–H groups in total. The average molecular weight is 320 g/mol. The zero-order valence-corrected chi connectivity index (χ0v) is 13.3. The molecule has 0 fully saturated rings. The Kier molecular flexibility index (Phi) is 5.67. The third-order valence-electron chi connectivity index (χ3n) is 3.13. The van der Waals surface area contributed by atoms with E-state index >= 15 is 0 Å². The highest BCUT2D eigenvalue weighted by Crippen LogP contribution is 2.21. The fourth-order valence-electron chi connectivity index (χ4n) is 2.03. The maximum absolute atomic E-state index is 12.1. The first-order valence-electron chi connectivity index (χ1n) is 6.92. The average Bonchev–Trinajstić information content (AvgIpc) is 2.53. The van der Waals surface area contributed by atoms with Crippen LogP contribution in [0.2, 0.25) is 5.02 Å². The number of halogens is 1. The van der Waals surface area contributed by atoms with Gasteiger partial charge in [-0.15, -0.1) is 0 Å². The van der Waals surface area contributed by atoms with Gasteiger partial charge in [0.1, 0.15) is 18.1 Å². The Balaban J connectivity index is 1.84. The van der Waals surface area contributed by atoms with Gasteiger partial charge >= 0.3 is 0 Å².